The average Bonchev–Trinajstić information content (AvgIpc) is 2.55. The molecule has 4 nitrogen and oxygen atoms in total. The zero-order valence-corrected chi connectivity index (χ0v) is 9.40. The summed E-state index contributed by atoms with van der Waals surface area (Å²) in [4.78, 5) is 11.9. The first kappa shape index (κ1) is 10.7. The van der Waals surface area contributed by atoms with Gasteiger partial charge in [0.2, 0.25) is 0 Å². The van der Waals surface area contributed by atoms with E-state index in [4.69, 9.17) is 17.3 Å². The van der Waals surface area contributed by atoms with Crippen LogP contribution in [0, 0.1) is 0 Å². The fourth-order valence-electron chi connectivity index (χ4n) is 1.47. The Hall–Kier alpha value is -1.81. The lowest BCUT2D eigenvalue weighted by molar-refractivity contribution is -0.114. The third kappa shape index (κ3) is 1.67. The van der Waals surface area contributed by atoms with Crippen LogP contribution in [0.25, 0.3) is 0 Å². The second-order valence-corrected chi connectivity index (χ2v) is 3.80. The number of hydrazone groups is 1. The maximum Gasteiger partial charge on any atom is 0.282 e. The van der Waals surface area contributed by atoms with Gasteiger partial charge in [0, 0.05) is 11.2 Å². The zero-order chi connectivity index (χ0) is 11.7. The highest BCUT2D eigenvalue weighted by Crippen LogP contribution is 2.24. The molecule has 0 spiro atoms. The molecule has 2 N–H and O–H groups in total. The molecular formula is C11H10ClN3O. The van der Waals surface area contributed by atoms with Gasteiger partial charge in [0.1, 0.15) is 0 Å². The standard InChI is InChI=1S/C11H10ClN3O/c1-7-10(6-13)11(16)15(14-7)9-4-2-8(12)3-5-9/h2-6H,13H2,1H3/b10-6+. The molecule has 0 saturated carbocycles. The van der Waals surface area contributed by atoms with E-state index in [1.54, 1.807) is 31.2 Å². The van der Waals surface area contributed by atoms with Crippen molar-refractivity contribution in [3.8, 4) is 0 Å². The van der Waals surface area contributed by atoms with Gasteiger partial charge in [-0.25, -0.2) is 0 Å². The lowest BCUT2D eigenvalue weighted by Gasteiger charge is -2.11. The summed E-state index contributed by atoms with van der Waals surface area (Å²) in [6.07, 6.45) is 1.27. The van der Waals surface area contributed by atoms with Crippen molar-refractivity contribution >= 4 is 28.9 Å². The molecule has 1 aliphatic heterocycles. The van der Waals surface area contributed by atoms with Gasteiger partial charge in [0.15, 0.2) is 0 Å². The molecule has 0 aliphatic carbocycles. The first-order valence-electron chi connectivity index (χ1n) is 4.71. The number of benzene rings is 1. The summed E-state index contributed by atoms with van der Waals surface area (Å²) in [5.41, 5.74) is 7.08. The number of nitrogens with two attached hydrogens (primary N) is 1. The van der Waals surface area contributed by atoms with Crippen molar-refractivity contribution in [2.45, 2.75) is 6.92 Å². The molecule has 0 radical (unpaired) electrons. The van der Waals surface area contributed by atoms with Crippen LogP contribution in [0.2, 0.25) is 5.02 Å². The SMILES string of the molecule is CC1=NN(c2ccc(Cl)cc2)C(=O)/C1=C/N. The van der Waals surface area contributed by atoms with Crippen LogP contribution in [0.3, 0.4) is 0 Å². The fraction of sp³-hybridized carbons (Fsp3) is 0.0909. The first-order valence-corrected chi connectivity index (χ1v) is 5.09. The molecule has 1 aromatic carbocycles. The number of amides is 1. The van der Waals surface area contributed by atoms with E-state index in [1.165, 1.54) is 11.2 Å². The molecule has 0 unspecified atom stereocenters. The maximum absolute atomic E-state index is 11.9. The Morgan fingerprint density at radius 3 is 2.50 bits per heavy atom. The van der Waals surface area contributed by atoms with Crippen LogP contribution in [-0.4, -0.2) is 11.6 Å². The molecule has 1 amide bonds. The number of rotatable bonds is 1. The van der Waals surface area contributed by atoms with Crippen LogP contribution in [0.15, 0.2) is 41.1 Å². The largest absolute Gasteiger partial charge is 0.404 e. The number of halogens is 1. The monoisotopic (exact) mass is 235 g/mol. The molecular weight excluding hydrogens is 226 g/mol. The highest BCUT2D eigenvalue weighted by molar-refractivity contribution is 6.31. The minimum absolute atomic E-state index is 0.220. The van der Waals surface area contributed by atoms with Crippen LogP contribution in [-0.2, 0) is 4.79 Å². The van der Waals surface area contributed by atoms with E-state index < -0.39 is 0 Å². The van der Waals surface area contributed by atoms with Crippen LogP contribution >= 0.6 is 11.6 Å². The van der Waals surface area contributed by atoms with E-state index in [0.29, 0.717) is 22.0 Å². The third-order valence-corrected chi connectivity index (χ3v) is 2.55. The van der Waals surface area contributed by atoms with E-state index in [1.807, 2.05) is 0 Å². The molecule has 1 aromatic rings. The van der Waals surface area contributed by atoms with Gasteiger partial charge in [0.25, 0.3) is 5.91 Å². The zero-order valence-electron chi connectivity index (χ0n) is 8.64. The molecule has 0 fully saturated rings. The molecule has 0 aromatic heterocycles. The summed E-state index contributed by atoms with van der Waals surface area (Å²) < 4.78 is 0. The quantitative estimate of drug-likeness (QED) is 0.756. The van der Waals surface area contributed by atoms with Gasteiger partial charge in [-0.1, -0.05) is 11.6 Å². The van der Waals surface area contributed by atoms with Gasteiger partial charge >= 0.3 is 0 Å². The molecule has 0 atom stereocenters. The predicted molar refractivity (Wildman–Crippen MR) is 64.3 cm³/mol. The Bertz CT molecular complexity index is 490. The van der Waals surface area contributed by atoms with E-state index in [-0.39, 0.29) is 5.91 Å². The van der Waals surface area contributed by atoms with Crippen molar-refractivity contribution in [1.29, 1.82) is 0 Å². The van der Waals surface area contributed by atoms with Gasteiger partial charge in [-0.15, -0.1) is 0 Å². The van der Waals surface area contributed by atoms with Crippen molar-refractivity contribution in [2.24, 2.45) is 10.8 Å². The van der Waals surface area contributed by atoms with Gasteiger partial charge in [-0.3, -0.25) is 4.79 Å². The van der Waals surface area contributed by atoms with Crippen LogP contribution in [0.1, 0.15) is 6.92 Å². The van der Waals surface area contributed by atoms with Gasteiger partial charge in [-0.05, 0) is 31.2 Å². The number of nitrogens with zero attached hydrogens (tertiary/aromatic N) is 2. The van der Waals surface area contributed by atoms with Gasteiger partial charge in [-0.2, -0.15) is 10.1 Å². The lowest BCUT2D eigenvalue weighted by atomic mass is 10.2. The molecule has 0 bridgehead atoms. The van der Waals surface area contributed by atoms with Crippen LogP contribution in [0.4, 0.5) is 5.69 Å². The molecule has 1 heterocycles. The Balaban J connectivity index is 2.38. The van der Waals surface area contributed by atoms with Crippen molar-refractivity contribution < 1.29 is 4.79 Å². The number of hydrogen-bond acceptors (Lipinski definition) is 3. The molecule has 2 rings (SSSR count). The van der Waals surface area contributed by atoms with Gasteiger partial charge in [0.05, 0.1) is 17.0 Å². The van der Waals surface area contributed by atoms with Crippen molar-refractivity contribution in [3.05, 3.63) is 41.1 Å². The summed E-state index contributed by atoms with van der Waals surface area (Å²) in [6, 6.07) is 6.88. The highest BCUT2D eigenvalue weighted by atomic mass is 35.5. The normalized spacial score (nSPS) is 18.1. The summed E-state index contributed by atoms with van der Waals surface area (Å²) in [5, 5.41) is 6.06. The molecule has 16 heavy (non-hydrogen) atoms. The van der Waals surface area contributed by atoms with E-state index in [0.717, 1.165) is 0 Å². The van der Waals surface area contributed by atoms with E-state index in [2.05, 4.69) is 5.10 Å². The Kier molecular flexibility index (Phi) is 2.66. The van der Waals surface area contributed by atoms with Crippen LogP contribution in [0.5, 0.6) is 0 Å². The molecule has 1 aliphatic rings. The van der Waals surface area contributed by atoms with Crippen LogP contribution < -0.4 is 10.7 Å². The molecule has 0 saturated heterocycles. The smallest absolute Gasteiger partial charge is 0.282 e. The van der Waals surface area contributed by atoms with E-state index >= 15 is 0 Å². The van der Waals surface area contributed by atoms with Crippen molar-refractivity contribution in [1.82, 2.24) is 0 Å². The number of hydrogen-bond donors (Lipinski definition) is 1. The maximum atomic E-state index is 11.9. The Labute approximate surface area is 98.0 Å². The third-order valence-electron chi connectivity index (χ3n) is 2.30. The Morgan fingerprint density at radius 2 is 2.00 bits per heavy atom. The van der Waals surface area contributed by atoms with E-state index in [9.17, 15) is 4.79 Å². The van der Waals surface area contributed by atoms with Crippen molar-refractivity contribution in [2.75, 3.05) is 5.01 Å². The summed E-state index contributed by atoms with van der Waals surface area (Å²) in [7, 11) is 0. The molecule has 5 heteroatoms. The topological polar surface area (TPSA) is 58.7 Å². The minimum atomic E-state index is -0.220. The first-order chi connectivity index (χ1) is 7.63. The minimum Gasteiger partial charge on any atom is -0.404 e. The molecule has 82 valence electrons. The second-order valence-electron chi connectivity index (χ2n) is 3.36. The second kappa shape index (κ2) is 3.98. The van der Waals surface area contributed by atoms with Gasteiger partial charge < -0.3 is 5.73 Å². The summed E-state index contributed by atoms with van der Waals surface area (Å²) in [5.74, 6) is -0.220. The average molecular weight is 236 g/mol. The highest BCUT2D eigenvalue weighted by Gasteiger charge is 2.28. The lowest BCUT2D eigenvalue weighted by Crippen LogP contribution is -2.21. The van der Waals surface area contributed by atoms with Crippen molar-refractivity contribution in [3.63, 3.8) is 0 Å². The summed E-state index contributed by atoms with van der Waals surface area (Å²) in [6.45, 7) is 1.74. The predicted octanol–water partition coefficient (Wildman–Crippen LogP) is 1.91. The Morgan fingerprint density at radius 1 is 1.38 bits per heavy atom. The fourth-order valence-corrected chi connectivity index (χ4v) is 1.59. The summed E-state index contributed by atoms with van der Waals surface area (Å²) >= 11 is 5.77. The number of carbonyl (C=O) groups excluding carboxylic acids is 1. The number of carbonyl (C=O) groups is 1. The number of anilines is 1.